The molecule has 54 valence electrons. The summed E-state index contributed by atoms with van der Waals surface area (Å²) in [7, 11) is 0. The molecule has 3 fully saturated rings. The van der Waals surface area contributed by atoms with E-state index in [4.69, 9.17) is 0 Å². The van der Waals surface area contributed by atoms with Gasteiger partial charge in [0.1, 0.15) is 0 Å². The Hall–Kier alpha value is -0.530. The zero-order valence-electron chi connectivity index (χ0n) is 5.84. The molecule has 0 radical (unpaired) electrons. The monoisotopic (exact) mass is 137 g/mol. The summed E-state index contributed by atoms with van der Waals surface area (Å²) < 4.78 is 0. The van der Waals surface area contributed by atoms with Gasteiger partial charge >= 0.3 is 0 Å². The molecule has 0 aromatic heterocycles. The van der Waals surface area contributed by atoms with Crippen molar-refractivity contribution >= 4 is 5.91 Å². The number of carbonyl (C=O) groups is 1. The van der Waals surface area contributed by atoms with E-state index in [1.54, 1.807) is 0 Å². The summed E-state index contributed by atoms with van der Waals surface area (Å²) in [5.41, 5.74) is 0. The number of hydrogen-bond acceptors (Lipinski definition) is 1. The van der Waals surface area contributed by atoms with Gasteiger partial charge in [-0.3, -0.25) is 4.79 Å². The number of fused-ring (bicyclic) bond motifs is 3. The van der Waals surface area contributed by atoms with Gasteiger partial charge in [0, 0.05) is 12.5 Å². The van der Waals surface area contributed by atoms with Gasteiger partial charge in [0.15, 0.2) is 0 Å². The van der Waals surface area contributed by atoms with Gasteiger partial charge in [-0.1, -0.05) is 0 Å². The second-order valence-corrected chi connectivity index (χ2v) is 3.95. The molecule has 2 heteroatoms. The molecular weight excluding hydrogens is 126 g/mol. The second-order valence-electron chi connectivity index (χ2n) is 3.95. The van der Waals surface area contributed by atoms with Crippen LogP contribution in [-0.2, 0) is 4.79 Å². The third kappa shape index (κ3) is 0.482. The van der Waals surface area contributed by atoms with E-state index in [9.17, 15) is 4.79 Å². The number of rotatable bonds is 0. The number of carbonyl (C=O) groups excluding carboxylic acids is 1. The Kier molecular flexibility index (Phi) is 0.715. The van der Waals surface area contributed by atoms with Crippen LogP contribution in [0, 0.1) is 17.8 Å². The van der Waals surface area contributed by atoms with E-state index in [0.29, 0.717) is 11.9 Å². The number of nitrogens with one attached hydrogen (secondary N) is 1. The van der Waals surface area contributed by atoms with Crippen LogP contribution in [0.4, 0.5) is 0 Å². The Labute approximate surface area is 60.0 Å². The van der Waals surface area contributed by atoms with Gasteiger partial charge in [0.05, 0.1) is 0 Å². The molecule has 0 aromatic carbocycles. The lowest BCUT2D eigenvalue weighted by atomic mass is 9.99. The van der Waals surface area contributed by atoms with Crippen molar-refractivity contribution in [2.45, 2.75) is 25.3 Å². The summed E-state index contributed by atoms with van der Waals surface area (Å²) >= 11 is 0. The molecule has 0 spiro atoms. The van der Waals surface area contributed by atoms with Crippen molar-refractivity contribution in [2.24, 2.45) is 17.8 Å². The SMILES string of the molecule is O=C1CC2CC3CC3C2N1. The molecular formula is C8H11NO. The van der Waals surface area contributed by atoms with Crippen LogP contribution >= 0.6 is 0 Å². The van der Waals surface area contributed by atoms with E-state index in [1.807, 2.05) is 0 Å². The summed E-state index contributed by atoms with van der Waals surface area (Å²) in [6.45, 7) is 0. The lowest BCUT2D eigenvalue weighted by Gasteiger charge is -2.09. The molecule has 1 N–H and O–H groups in total. The third-order valence-electron chi connectivity index (χ3n) is 3.33. The zero-order valence-corrected chi connectivity index (χ0v) is 5.84. The Morgan fingerprint density at radius 3 is 3.00 bits per heavy atom. The molecule has 1 amide bonds. The molecule has 4 atom stereocenters. The van der Waals surface area contributed by atoms with E-state index < -0.39 is 0 Å². The van der Waals surface area contributed by atoms with E-state index in [2.05, 4.69) is 5.32 Å². The molecule has 3 aliphatic rings. The number of hydrogen-bond donors (Lipinski definition) is 1. The summed E-state index contributed by atoms with van der Waals surface area (Å²) in [5.74, 6) is 2.89. The molecule has 1 aliphatic heterocycles. The van der Waals surface area contributed by atoms with Gasteiger partial charge in [-0.25, -0.2) is 0 Å². The summed E-state index contributed by atoms with van der Waals surface area (Å²) in [4.78, 5) is 10.9. The molecule has 0 aromatic rings. The van der Waals surface area contributed by atoms with Gasteiger partial charge < -0.3 is 5.32 Å². The van der Waals surface area contributed by atoms with Gasteiger partial charge in [-0.2, -0.15) is 0 Å². The lowest BCUT2D eigenvalue weighted by molar-refractivity contribution is -0.119. The van der Waals surface area contributed by atoms with Crippen molar-refractivity contribution in [1.29, 1.82) is 0 Å². The molecule has 4 unspecified atom stereocenters. The van der Waals surface area contributed by atoms with Crippen LogP contribution in [-0.4, -0.2) is 11.9 Å². The van der Waals surface area contributed by atoms with Crippen molar-refractivity contribution in [3.05, 3.63) is 0 Å². The van der Waals surface area contributed by atoms with Crippen LogP contribution in [0.5, 0.6) is 0 Å². The largest absolute Gasteiger partial charge is 0.353 e. The van der Waals surface area contributed by atoms with Gasteiger partial charge in [-0.15, -0.1) is 0 Å². The fraction of sp³-hybridized carbons (Fsp3) is 0.875. The van der Waals surface area contributed by atoms with Crippen LogP contribution in [0.3, 0.4) is 0 Å². The van der Waals surface area contributed by atoms with Crippen LogP contribution < -0.4 is 5.32 Å². The minimum Gasteiger partial charge on any atom is -0.353 e. The highest BCUT2D eigenvalue weighted by atomic mass is 16.2. The lowest BCUT2D eigenvalue weighted by Crippen LogP contribution is -2.28. The standard InChI is InChI=1S/C8H11NO/c10-7-3-5-1-4-2-6(4)8(5)9-7/h4-6,8H,1-3H2,(H,9,10). The first-order valence-electron chi connectivity index (χ1n) is 4.14. The Morgan fingerprint density at radius 2 is 2.20 bits per heavy atom. The summed E-state index contributed by atoms with van der Waals surface area (Å²) in [6, 6.07) is 0.595. The predicted octanol–water partition coefficient (Wildman–Crippen LogP) is 0.531. The van der Waals surface area contributed by atoms with Crippen LogP contribution in [0.1, 0.15) is 19.3 Å². The molecule has 2 saturated carbocycles. The van der Waals surface area contributed by atoms with E-state index in [-0.39, 0.29) is 0 Å². The topological polar surface area (TPSA) is 29.1 Å². The van der Waals surface area contributed by atoms with Crippen molar-refractivity contribution < 1.29 is 4.79 Å². The quantitative estimate of drug-likeness (QED) is 0.518. The first kappa shape index (κ1) is 5.16. The molecule has 2 aliphatic carbocycles. The third-order valence-corrected chi connectivity index (χ3v) is 3.33. The fourth-order valence-corrected chi connectivity index (χ4v) is 2.79. The van der Waals surface area contributed by atoms with Crippen molar-refractivity contribution in [1.82, 2.24) is 5.32 Å². The molecule has 10 heavy (non-hydrogen) atoms. The van der Waals surface area contributed by atoms with E-state index in [0.717, 1.165) is 24.2 Å². The maximum absolute atomic E-state index is 10.9. The Bertz CT molecular complexity index is 201. The molecule has 3 rings (SSSR count). The predicted molar refractivity (Wildman–Crippen MR) is 36.3 cm³/mol. The maximum atomic E-state index is 10.9. The van der Waals surface area contributed by atoms with Gasteiger partial charge in [0.2, 0.25) is 5.91 Å². The Balaban J connectivity index is 1.88. The Morgan fingerprint density at radius 1 is 1.30 bits per heavy atom. The molecule has 1 heterocycles. The van der Waals surface area contributed by atoms with Crippen molar-refractivity contribution in [2.75, 3.05) is 0 Å². The zero-order chi connectivity index (χ0) is 6.72. The second kappa shape index (κ2) is 1.39. The minimum atomic E-state index is 0.292. The molecule has 0 bridgehead atoms. The molecule has 2 nitrogen and oxygen atoms in total. The average molecular weight is 137 g/mol. The first-order valence-corrected chi connectivity index (χ1v) is 4.14. The van der Waals surface area contributed by atoms with Crippen molar-refractivity contribution in [3.63, 3.8) is 0 Å². The first-order chi connectivity index (χ1) is 4.84. The highest BCUT2D eigenvalue weighted by molar-refractivity contribution is 5.79. The van der Waals surface area contributed by atoms with Gasteiger partial charge in [0.25, 0.3) is 0 Å². The smallest absolute Gasteiger partial charge is 0.220 e. The van der Waals surface area contributed by atoms with E-state index >= 15 is 0 Å². The summed E-state index contributed by atoms with van der Waals surface area (Å²) in [5, 5.41) is 3.07. The highest BCUT2D eigenvalue weighted by Gasteiger charge is 2.56. The summed E-state index contributed by atoms with van der Waals surface area (Å²) in [6.07, 6.45) is 3.53. The maximum Gasteiger partial charge on any atom is 0.220 e. The number of amides is 1. The molecule has 1 saturated heterocycles. The fourth-order valence-electron chi connectivity index (χ4n) is 2.79. The van der Waals surface area contributed by atoms with E-state index in [1.165, 1.54) is 12.8 Å². The normalized spacial score (nSPS) is 55.8. The van der Waals surface area contributed by atoms with Crippen LogP contribution in [0.2, 0.25) is 0 Å². The van der Waals surface area contributed by atoms with Crippen LogP contribution in [0.25, 0.3) is 0 Å². The average Bonchev–Trinajstić information content (AvgIpc) is 2.40. The minimum absolute atomic E-state index is 0.292. The van der Waals surface area contributed by atoms with Gasteiger partial charge in [-0.05, 0) is 30.6 Å². The van der Waals surface area contributed by atoms with Crippen molar-refractivity contribution in [3.8, 4) is 0 Å². The highest BCUT2D eigenvalue weighted by Crippen LogP contribution is 2.56. The van der Waals surface area contributed by atoms with Crippen LogP contribution in [0.15, 0.2) is 0 Å².